The molecule has 1 saturated heterocycles. The van der Waals surface area contributed by atoms with Gasteiger partial charge in [-0.1, -0.05) is 0 Å². The van der Waals surface area contributed by atoms with Gasteiger partial charge in [0.25, 0.3) is 0 Å². The summed E-state index contributed by atoms with van der Waals surface area (Å²) in [5, 5.41) is 0. The van der Waals surface area contributed by atoms with E-state index in [1.54, 1.807) is 6.92 Å². The maximum atomic E-state index is 12.0. The number of carbonyl (C=O) groups is 1. The standard InChI is InChI=1S/C8H13F3N2O/c1-2-12-4-3-5-13(7(12)14)6-8(9,10)11/h2-6H2,1H3. The summed E-state index contributed by atoms with van der Waals surface area (Å²) >= 11 is 0. The first-order valence-electron chi connectivity index (χ1n) is 4.54. The summed E-state index contributed by atoms with van der Waals surface area (Å²) in [6, 6.07) is -0.504. The van der Waals surface area contributed by atoms with Crippen LogP contribution in [0, 0.1) is 0 Å². The molecule has 0 spiro atoms. The molecule has 1 aliphatic heterocycles. The average molecular weight is 210 g/mol. The van der Waals surface area contributed by atoms with Crippen LogP contribution in [0.25, 0.3) is 0 Å². The minimum Gasteiger partial charge on any atom is -0.325 e. The average Bonchev–Trinajstić information content (AvgIpc) is 2.06. The fraction of sp³-hybridized carbons (Fsp3) is 0.875. The van der Waals surface area contributed by atoms with E-state index in [2.05, 4.69) is 0 Å². The first kappa shape index (κ1) is 11.1. The number of carbonyl (C=O) groups excluding carboxylic acids is 1. The predicted molar refractivity (Wildman–Crippen MR) is 44.9 cm³/mol. The van der Waals surface area contributed by atoms with Crippen LogP contribution >= 0.6 is 0 Å². The van der Waals surface area contributed by atoms with Gasteiger partial charge >= 0.3 is 12.2 Å². The lowest BCUT2D eigenvalue weighted by Gasteiger charge is -2.35. The highest BCUT2D eigenvalue weighted by Gasteiger charge is 2.35. The number of urea groups is 1. The third kappa shape index (κ3) is 2.78. The SMILES string of the molecule is CCN1CCCN(CC(F)(F)F)C1=O. The van der Waals surface area contributed by atoms with E-state index in [9.17, 15) is 18.0 Å². The molecule has 0 saturated carbocycles. The molecule has 3 nitrogen and oxygen atoms in total. The van der Waals surface area contributed by atoms with E-state index in [-0.39, 0.29) is 6.54 Å². The Balaban J connectivity index is 2.57. The van der Waals surface area contributed by atoms with Gasteiger partial charge in [-0.3, -0.25) is 0 Å². The van der Waals surface area contributed by atoms with Gasteiger partial charge < -0.3 is 9.80 Å². The van der Waals surface area contributed by atoms with Crippen LogP contribution in [0.2, 0.25) is 0 Å². The highest BCUT2D eigenvalue weighted by Crippen LogP contribution is 2.19. The van der Waals surface area contributed by atoms with Crippen LogP contribution in [-0.4, -0.2) is 48.2 Å². The first-order valence-corrected chi connectivity index (χ1v) is 4.54. The van der Waals surface area contributed by atoms with Crippen LogP contribution in [-0.2, 0) is 0 Å². The molecular formula is C8H13F3N2O. The Bertz CT molecular complexity index is 217. The Morgan fingerprint density at radius 1 is 1.29 bits per heavy atom. The van der Waals surface area contributed by atoms with Gasteiger partial charge in [0, 0.05) is 19.6 Å². The number of alkyl halides is 3. The monoisotopic (exact) mass is 210 g/mol. The van der Waals surface area contributed by atoms with Crippen molar-refractivity contribution >= 4 is 6.03 Å². The Kier molecular flexibility index (Phi) is 3.23. The van der Waals surface area contributed by atoms with Gasteiger partial charge in [0.1, 0.15) is 6.54 Å². The zero-order chi connectivity index (χ0) is 10.8. The number of nitrogens with zero attached hydrogens (tertiary/aromatic N) is 2. The third-order valence-corrected chi connectivity index (χ3v) is 2.15. The van der Waals surface area contributed by atoms with Gasteiger partial charge in [0.2, 0.25) is 0 Å². The van der Waals surface area contributed by atoms with E-state index in [1.807, 2.05) is 0 Å². The van der Waals surface area contributed by atoms with Crippen molar-refractivity contribution in [2.24, 2.45) is 0 Å². The molecule has 0 aliphatic carbocycles. The van der Waals surface area contributed by atoms with Gasteiger partial charge in [-0.15, -0.1) is 0 Å². The van der Waals surface area contributed by atoms with Crippen LogP contribution < -0.4 is 0 Å². The van der Waals surface area contributed by atoms with Crippen molar-refractivity contribution in [3.8, 4) is 0 Å². The Hall–Kier alpha value is -0.940. The van der Waals surface area contributed by atoms with Crippen molar-refractivity contribution in [1.82, 2.24) is 9.80 Å². The summed E-state index contributed by atoms with van der Waals surface area (Å²) in [5.41, 5.74) is 0. The zero-order valence-corrected chi connectivity index (χ0v) is 7.97. The van der Waals surface area contributed by atoms with Crippen molar-refractivity contribution < 1.29 is 18.0 Å². The van der Waals surface area contributed by atoms with Gasteiger partial charge in [-0.05, 0) is 13.3 Å². The minimum absolute atomic E-state index is 0.203. The van der Waals surface area contributed by atoms with Gasteiger partial charge in [-0.2, -0.15) is 13.2 Å². The molecule has 0 radical (unpaired) electrons. The fourth-order valence-electron chi connectivity index (χ4n) is 1.50. The summed E-state index contributed by atoms with van der Waals surface area (Å²) in [6.45, 7) is 1.85. The second kappa shape index (κ2) is 4.06. The molecule has 1 aliphatic rings. The number of hydrogen-bond donors (Lipinski definition) is 0. The van der Waals surface area contributed by atoms with Crippen molar-refractivity contribution in [3.05, 3.63) is 0 Å². The summed E-state index contributed by atoms with van der Waals surface area (Å²) in [5.74, 6) is 0. The number of amides is 2. The Labute approximate surface area is 80.5 Å². The van der Waals surface area contributed by atoms with Crippen LogP contribution in [0.1, 0.15) is 13.3 Å². The third-order valence-electron chi connectivity index (χ3n) is 2.15. The topological polar surface area (TPSA) is 23.6 Å². The number of rotatable bonds is 2. The molecule has 1 heterocycles. The molecule has 1 fully saturated rings. The molecule has 0 unspecified atom stereocenters. The number of hydrogen-bond acceptors (Lipinski definition) is 1. The minimum atomic E-state index is -4.30. The van der Waals surface area contributed by atoms with Gasteiger partial charge in [0.15, 0.2) is 0 Å². The summed E-state index contributed by atoms with van der Waals surface area (Å²) in [6.07, 6.45) is -3.69. The normalized spacial score (nSPS) is 19.0. The maximum Gasteiger partial charge on any atom is 0.406 e. The lowest BCUT2D eigenvalue weighted by Crippen LogP contribution is -2.51. The molecule has 0 aromatic rings. The quantitative estimate of drug-likeness (QED) is 0.680. The molecule has 0 N–H and O–H groups in total. The molecule has 0 aromatic carbocycles. The molecule has 0 atom stereocenters. The number of halogens is 3. The van der Waals surface area contributed by atoms with E-state index in [0.717, 1.165) is 4.90 Å². The maximum absolute atomic E-state index is 12.0. The molecule has 6 heteroatoms. The second-order valence-corrected chi connectivity index (χ2v) is 3.25. The van der Waals surface area contributed by atoms with Gasteiger partial charge in [0.05, 0.1) is 0 Å². The lowest BCUT2D eigenvalue weighted by atomic mass is 10.3. The summed E-state index contributed by atoms with van der Waals surface area (Å²) < 4.78 is 36.1. The Morgan fingerprint density at radius 3 is 2.36 bits per heavy atom. The van der Waals surface area contributed by atoms with E-state index in [0.29, 0.717) is 19.5 Å². The lowest BCUT2D eigenvalue weighted by molar-refractivity contribution is -0.142. The van der Waals surface area contributed by atoms with Crippen molar-refractivity contribution in [1.29, 1.82) is 0 Å². The van der Waals surface area contributed by atoms with Crippen LogP contribution in [0.15, 0.2) is 0 Å². The molecule has 2 amide bonds. The molecule has 0 bridgehead atoms. The fourth-order valence-corrected chi connectivity index (χ4v) is 1.50. The van der Waals surface area contributed by atoms with E-state index >= 15 is 0 Å². The summed E-state index contributed by atoms with van der Waals surface area (Å²) in [4.78, 5) is 13.7. The highest BCUT2D eigenvalue weighted by atomic mass is 19.4. The largest absolute Gasteiger partial charge is 0.406 e. The van der Waals surface area contributed by atoms with Crippen molar-refractivity contribution in [2.45, 2.75) is 19.5 Å². The van der Waals surface area contributed by atoms with Crippen LogP contribution in [0.4, 0.5) is 18.0 Å². The van der Waals surface area contributed by atoms with E-state index < -0.39 is 18.8 Å². The smallest absolute Gasteiger partial charge is 0.325 e. The van der Waals surface area contributed by atoms with Gasteiger partial charge in [-0.25, -0.2) is 4.79 Å². The van der Waals surface area contributed by atoms with Crippen LogP contribution in [0.3, 0.4) is 0 Å². The molecule has 1 rings (SSSR count). The first-order chi connectivity index (χ1) is 6.44. The molecule has 14 heavy (non-hydrogen) atoms. The van der Waals surface area contributed by atoms with Crippen molar-refractivity contribution in [2.75, 3.05) is 26.2 Å². The Morgan fingerprint density at radius 2 is 1.86 bits per heavy atom. The summed E-state index contributed by atoms with van der Waals surface area (Å²) in [7, 11) is 0. The van der Waals surface area contributed by atoms with E-state index in [1.165, 1.54) is 4.90 Å². The molecule has 82 valence electrons. The van der Waals surface area contributed by atoms with Crippen LogP contribution in [0.5, 0.6) is 0 Å². The molecular weight excluding hydrogens is 197 g/mol. The van der Waals surface area contributed by atoms with E-state index in [4.69, 9.17) is 0 Å². The second-order valence-electron chi connectivity index (χ2n) is 3.25. The van der Waals surface area contributed by atoms with Crippen molar-refractivity contribution in [3.63, 3.8) is 0 Å². The zero-order valence-electron chi connectivity index (χ0n) is 7.97. The molecule has 0 aromatic heterocycles. The highest BCUT2D eigenvalue weighted by molar-refractivity contribution is 5.75. The predicted octanol–water partition coefficient (Wildman–Crippen LogP) is 1.70.